The Labute approximate surface area is 523 Å². The molecule has 0 atom stereocenters. The molecule has 2 fully saturated rings. The van der Waals surface area contributed by atoms with E-state index in [-0.39, 0.29) is 110 Å². The summed E-state index contributed by atoms with van der Waals surface area (Å²) < 4.78 is 0. The molecule has 23 nitrogen and oxygen atoms in total. The van der Waals surface area contributed by atoms with Crippen molar-refractivity contribution < 1.29 is 43.2 Å². The quantitative estimate of drug-likeness (QED) is 0.0407. The van der Waals surface area contributed by atoms with Gasteiger partial charge in [0.25, 0.3) is 17.0 Å². The maximum absolute atomic E-state index is 12.4. The first kappa shape index (κ1) is 85.1. The summed E-state index contributed by atoms with van der Waals surface area (Å²) in [4.78, 5) is 154. The summed E-state index contributed by atoms with van der Waals surface area (Å²) in [6, 6.07) is 18.4. The van der Waals surface area contributed by atoms with Gasteiger partial charge in [0.2, 0.25) is 35.4 Å². The van der Waals surface area contributed by atoms with Gasteiger partial charge in [-0.3, -0.25) is 67.4 Å². The van der Waals surface area contributed by atoms with Crippen LogP contribution in [-0.4, -0.2) is 128 Å². The molecule has 7 amide bonds. The number of benzene rings is 2. The molecule has 2 aliphatic heterocycles. The van der Waals surface area contributed by atoms with Gasteiger partial charge in [-0.2, -0.15) is 0 Å². The molecular weight excluding hydrogens is 1140 g/mol. The summed E-state index contributed by atoms with van der Waals surface area (Å²) in [6.07, 6.45) is 16.1. The molecule has 484 valence electrons. The van der Waals surface area contributed by atoms with Crippen LogP contribution in [0, 0.1) is 0 Å². The first-order valence-corrected chi connectivity index (χ1v) is 25.2. The van der Waals surface area contributed by atoms with Crippen LogP contribution in [0.4, 0.5) is 0 Å². The fourth-order valence-electron chi connectivity index (χ4n) is 7.44. The minimum absolute atomic E-state index is 0. The van der Waals surface area contributed by atoms with E-state index in [9.17, 15) is 52.7 Å². The van der Waals surface area contributed by atoms with Crippen LogP contribution in [0.2, 0.25) is 0 Å². The highest BCUT2D eigenvalue weighted by molar-refractivity contribution is 6.12. The third-order valence-electron chi connectivity index (χ3n) is 12.6. The summed E-state index contributed by atoms with van der Waals surface area (Å²) in [5.74, 6) is -3.43. The molecule has 8 rings (SSSR count). The molecular formula is C66H94N12O11. The summed E-state index contributed by atoms with van der Waals surface area (Å²) >= 11 is 0. The molecule has 0 saturated carbocycles. The Balaban J connectivity index is -0.000000522. The van der Waals surface area contributed by atoms with Gasteiger partial charge < -0.3 is 30.2 Å². The number of carbonyl (C=O) groups excluding carboxylic acids is 9. The van der Waals surface area contributed by atoms with Crippen molar-refractivity contribution in [3.63, 3.8) is 0 Å². The zero-order chi connectivity index (χ0) is 61.1. The van der Waals surface area contributed by atoms with Crippen LogP contribution in [0.25, 0.3) is 18.2 Å². The highest BCUT2D eigenvalue weighted by Gasteiger charge is 2.34. The molecule has 0 unspecified atom stereocenters. The number of hydrogen-bond acceptors (Lipinski definition) is 14. The van der Waals surface area contributed by atoms with E-state index in [4.69, 9.17) is 0 Å². The van der Waals surface area contributed by atoms with Crippen LogP contribution in [0.5, 0.6) is 0 Å². The van der Waals surface area contributed by atoms with Crippen molar-refractivity contribution in [2.24, 2.45) is 0 Å². The number of aldehydes is 2. The van der Waals surface area contributed by atoms with Crippen molar-refractivity contribution in [1.82, 2.24) is 59.9 Å². The van der Waals surface area contributed by atoms with Crippen molar-refractivity contribution in [1.29, 1.82) is 0 Å². The summed E-state index contributed by atoms with van der Waals surface area (Å²) in [6.45, 7) is 25.8. The Hall–Kier alpha value is -10.3. The number of allylic oxidation sites excluding steroid dienone is 3. The summed E-state index contributed by atoms with van der Waals surface area (Å²) in [5.41, 5.74) is 3.79. The summed E-state index contributed by atoms with van der Waals surface area (Å²) in [5, 5.41) is 2.83. The molecule has 89 heavy (non-hydrogen) atoms. The number of rotatable bonds is 11. The van der Waals surface area contributed by atoms with E-state index < -0.39 is 46.9 Å². The van der Waals surface area contributed by atoms with Crippen molar-refractivity contribution >= 4 is 72.2 Å². The number of piperazine rings is 2. The van der Waals surface area contributed by atoms with Crippen LogP contribution in [0.3, 0.4) is 0 Å². The van der Waals surface area contributed by atoms with E-state index in [1.165, 1.54) is 39.5 Å². The highest BCUT2D eigenvalue weighted by atomic mass is 16.2. The number of imidazole rings is 3. The minimum atomic E-state index is -0.544. The highest BCUT2D eigenvalue weighted by Crippen LogP contribution is 2.27. The first-order chi connectivity index (χ1) is 38.6. The Bertz CT molecular complexity index is 3620. The second-order valence-corrected chi connectivity index (χ2v) is 19.9. The fraction of sp³-hybridized carbons (Fsp3) is 0.333. The zero-order valence-electron chi connectivity index (χ0n) is 47.0. The number of aromatic nitrogens is 8. The Morgan fingerprint density at radius 3 is 1.17 bits per heavy atom. The number of nitrogens with zero attached hydrogens (tertiary/aromatic N) is 6. The molecule has 0 spiro atoms. The topological polar surface area (TPSA) is 327 Å². The largest absolute Gasteiger partial charge is 0.347 e. The van der Waals surface area contributed by atoms with E-state index in [2.05, 4.69) is 64.9 Å². The maximum Gasteiger partial charge on any atom is 0.277 e. The van der Waals surface area contributed by atoms with Gasteiger partial charge in [0.05, 0.1) is 47.5 Å². The molecule has 23 heteroatoms. The van der Waals surface area contributed by atoms with Gasteiger partial charge in [-0.1, -0.05) is 172 Å². The molecule has 2 aromatic carbocycles. The normalized spacial score (nSPS) is 13.2. The Morgan fingerprint density at radius 2 is 0.820 bits per heavy atom. The Morgan fingerprint density at radius 1 is 0.472 bits per heavy atom. The van der Waals surface area contributed by atoms with E-state index in [1.807, 2.05) is 90.1 Å². The van der Waals surface area contributed by atoms with Gasteiger partial charge in [-0.25, -0.2) is 15.0 Å². The third kappa shape index (κ3) is 23.1. The number of hydrogen-bond donors (Lipinski definition) is 6. The second-order valence-electron chi connectivity index (χ2n) is 19.9. The summed E-state index contributed by atoms with van der Waals surface area (Å²) in [7, 11) is 0. The fourth-order valence-corrected chi connectivity index (χ4v) is 7.44. The second kappa shape index (κ2) is 38.0. The molecule has 0 bridgehead atoms. The lowest BCUT2D eigenvalue weighted by Crippen LogP contribution is -2.56. The first-order valence-electron chi connectivity index (χ1n) is 25.2. The molecule has 2 saturated heterocycles. The standard InChI is InChI=1S/C20H20N4O2.C15H18N4O3.C9H12N2O.C8H10N2O4.C7H6O.7CH4/c1-4-20(2,3)17-14(21-12-22-17)11-16-19(26)23-15(18(25)24-16)10-13-8-6-5-7-9-13;1-5-15(3,4)13-10(16-8-17-13)6-11-14(22)19(9(2)20)7-12(21)18-11;1-4-9(2,3)8-7(5-12)10-6-11-8;1-5(11)9-3-8(14)10(6(2)12)4-7(9)13;8-6-7-4-2-1-3-5-7;;;;;;;/h4-12H,1H2,2-3H3,(H,21,22)(H,23,26)(H,24,25);5-6,8H,1,7H2,2-4H3,(H,16,17)(H,18,21);4-6H,1H2,2-3H3,(H,10,11);3-4H2,1-2H3;1-6H;7*1H4/b15-10-,16-11-;11-6-;;;;;;;;;;. The predicted octanol–water partition coefficient (Wildman–Crippen LogP) is 8.01. The van der Waals surface area contributed by atoms with E-state index in [1.54, 1.807) is 48.8 Å². The molecule has 0 aliphatic carbocycles. The van der Waals surface area contributed by atoms with Crippen LogP contribution in [0.15, 0.2) is 133 Å². The van der Waals surface area contributed by atoms with E-state index in [0.29, 0.717) is 17.1 Å². The van der Waals surface area contributed by atoms with Crippen molar-refractivity contribution in [2.45, 2.75) is 131 Å². The van der Waals surface area contributed by atoms with Gasteiger partial charge >= 0.3 is 0 Å². The number of amides is 7. The smallest absolute Gasteiger partial charge is 0.277 e. The average Bonchev–Trinajstić information content (AvgIpc) is 4.12. The molecule has 4 aromatic heterocycles. The maximum atomic E-state index is 12.4. The van der Waals surface area contributed by atoms with Crippen molar-refractivity contribution in [3.05, 3.63) is 200 Å². The average molecular weight is 1230 g/mol. The molecule has 6 N–H and O–H groups in total. The van der Waals surface area contributed by atoms with Crippen molar-refractivity contribution in [3.8, 4) is 0 Å². The number of nitrogens with one attached hydrogen (secondary N) is 6. The number of H-pyrrole nitrogens is 5. The van der Waals surface area contributed by atoms with E-state index >= 15 is 0 Å². The van der Waals surface area contributed by atoms with Crippen LogP contribution in [0.1, 0.15) is 169 Å². The number of aromatic amines is 5. The van der Waals surface area contributed by atoms with Gasteiger partial charge in [-0.15, -0.1) is 19.7 Å². The lowest BCUT2D eigenvalue weighted by molar-refractivity contribution is -0.161. The van der Waals surface area contributed by atoms with Crippen molar-refractivity contribution in [2.75, 3.05) is 19.6 Å². The SMILES string of the molecule is C.C.C.C.C.C.C.C=CC(C)(C)c1[nH]cnc1/C=C1\NC(=O)CN(C(C)=O)C1=O.C=CC(C)(C)c1[nH]cnc1/C=c1\[nH]c(=O)/c(=C/c2ccccc2)[nH]c1=O.C=CC(C)(C)c1[nH]cnc1C=O.CC(=O)N1CC(=O)N(C(C)=O)CC1=O.O=Cc1ccccc1. The molecule has 6 aromatic rings. The molecule has 6 heterocycles. The third-order valence-corrected chi connectivity index (χ3v) is 12.6. The van der Waals surface area contributed by atoms with Crippen LogP contribution in [-0.2, 0) is 49.8 Å². The predicted molar refractivity (Wildman–Crippen MR) is 354 cm³/mol. The van der Waals surface area contributed by atoms with Gasteiger partial charge in [-0.05, 0) is 23.8 Å². The van der Waals surface area contributed by atoms with Crippen LogP contribution >= 0.6 is 0 Å². The lowest BCUT2D eigenvalue weighted by atomic mass is 9.88. The number of carbonyl (C=O) groups is 9. The van der Waals surface area contributed by atoms with Gasteiger partial charge in [0.15, 0.2) is 6.29 Å². The van der Waals surface area contributed by atoms with Crippen LogP contribution < -0.4 is 27.1 Å². The molecule has 2 aliphatic rings. The Kier molecular flexibility index (Phi) is 36.3. The van der Waals surface area contributed by atoms with Gasteiger partial charge in [0, 0.05) is 42.6 Å². The molecule has 0 radical (unpaired) electrons. The van der Waals surface area contributed by atoms with E-state index in [0.717, 1.165) is 55.5 Å². The zero-order valence-corrected chi connectivity index (χ0v) is 47.0. The minimum Gasteiger partial charge on any atom is -0.347 e. The monoisotopic (exact) mass is 1230 g/mol. The lowest BCUT2D eigenvalue weighted by Gasteiger charge is -2.29. The van der Waals surface area contributed by atoms with Gasteiger partial charge in [0.1, 0.15) is 48.0 Å². The number of imide groups is 3.